The van der Waals surface area contributed by atoms with Crippen molar-refractivity contribution < 1.29 is 14.7 Å². The SMILES string of the molecule is CCCCCCCCCCCCNC(=O)c1ccc(CC(=O)O)cc1. The lowest BCUT2D eigenvalue weighted by atomic mass is 10.1. The zero-order valence-corrected chi connectivity index (χ0v) is 15.6. The largest absolute Gasteiger partial charge is 0.481 e. The minimum Gasteiger partial charge on any atom is -0.481 e. The topological polar surface area (TPSA) is 66.4 Å². The normalized spacial score (nSPS) is 10.6. The number of nitrogens with one attached hydrogen (secondary N) is 1. The number of carboxylic acids is 1. The van der Waals surface area contributed by atoms with Gasteiger partial charge < -0.3 is 10.4 Å². The van der Waals surface area contributed by atoms with E-state index in [-0.39, 0.29) is 12.3 Å². The molecule has 0 aliphatic carbocycles. The second-order valence-corrected chi connectivity index (χ2v) is 6.71. The average molecular weight is 347 g/mol. The molecule has 1 aromatic rings. The Bertz CT molecular complexity index is 496. The molecule has 25 heavy (non-hydrogen) atoms. The number of aliphatic carboxylic acids is 1. The Balaban J connectivity index is 2.04. The number of hydrogen-bond acceptors (Lipinski definition) is 2. The fourth-order valence-electron chi connectivity index (χ4n) is 2.87. The summed E-state index contributed by atoms with van der Waals surface area (Å²) in [7, 11) is 0. The van der Waals surface area contributed by atoms with Crippen molar-refractivity contribution in [1.29, 1.82) is 0 Å². The Labute approximate surface area is 152 Å². The Morgan fingerprint density at radius 2 is 1.36 bits per heavy atom. The van der Waals surface area contributed by atoms with Gasteiger partial charge in [-0.15, -0.1) is 0 Å². The molecule has 1 aromatic carbocycles. The third-order valence-electron chi connectivity index (χ3n) is 4.39. The number of hydrogen-bond donors (Lipinski definition) is 2. The van der Waals surface area contributed by atoms with Crippen LogP contribution in [0.4, 0.5) is 0 Å². The van der Waals surface area contributed by atoms with Crippen molar-refractivity contribution in [3.05, 3.63) is 35.4 Å². The molecular formula is C21H33NO3. The van der Waals surface area contributed by atoms with Gasteiger partial charge in [0.05, 0.1) is 6.42 Å². The fourth-order valence-corrected chi connectivity index (χ4v) is 2.87. The van der Waals surface area contributed by atoms with Crippen LogP contribution in [0.15, 0.2) is 24.3 Å². The van der Waals surface area contributed by atoms with Gasteiger partial charge in [-0.05, 0) is 24.1 Å². The van der Waals surface area contributed by atoms with Gasteiger partial charge in [0.2, 0.25) is 0 Å². The first-order valence-electron chi connectivity index (χ1n) is 9.72. The summed E-state index contributed by atoms with van der Waals surface area (Å²) in [6, 6.07) is 6.77. The summed E-state index contributed by atoms with van der Waals surface area (Å²) in [6.07, 6.45) is 12.8. The smallest absolute Gasteiger partial charge is 0.307 e. The summed E-state index contributed by atoms with van der Waals surface area (Å²) < 4.78 is 0. The quantitative estimate of drug-likeness (QED) is 0.467. The molecule has 1 amide bonds. The lowest BCUT2D eigenvalue weighted by molar-refractivity contribution is -0.136. The lowest BCUT2D eigenvalue weighted by Crippen LogP contribution is -2.24. The van der Waals surface area contributed by atoms with Gasteiger partial charge in [-0.1, -0.05) is 76.8 Å². The molecule has 4 heteroatoms. The van der Waals surface area contributed by atoms with Gasteiger partial charge in [-0.2, -0.15) is 0 Å². The second kappa shape index (κ2) is 13.5. The second-order valence-electron chi connectivity index (χ2n) is 6.71. The van der Waals surface area contributed by atoms with Crippen molar-refractivity contribution in [3.8, 4) is 0 Å². The minimum absolute atomic E-state index is 0.0134. The molecule has 0 fully saturated rings. The van der Waals surface area contributed by atoms with E-state index in [1.54, 1.807) is 24.3 Å². The van der Waals surface area contributed by atoms with Gasteiger partial charge in [0, 0.05) is 12.1 Å². The van der Waals surface area contributed by atoms with E-state index < -0.39 is 5.97 Å². The molecule has 0 saturated carbocycles. The number of amides is 1. The van der Waals surface area contributed by atoms with Gasteiger partial charge >= 0.3 is 5.97 Å². The summed E-state index contributed by atoms with van der Waals surface area (Å²) >= 11 is 0. The van der Waals surface area contributed by atoms with E-state index >= 15 is 0 Å². The van der Waals surface area contributed by atoms with Crippen LogP contribution in [0.3, 0.4) is 0 Å². The summed E-state index contributed by atoms with van der Waals surface area (Å²) in [6.45, 7) is 2.94. The molecule has 140 valence electrons. The number of rotatable bonds is 14. The Morgan fingerprint density at radius 3 is 1.88 bits per heavy atom. The molecule has 0 atom stereocenters. The van der Waals surface area contributed by atoms with Gasteiger partial charge in [0.25, 0.3) is 5.91 Å². The first-order chi connectivity index (χ1) is 12.1. The highest BCUT2D eigenvalue weighted by Crippen LogP contribution is 2.10. The van der Waals surface area contributed by atoms with E-state index in [0.717, 1.165) is 12.8 Å². The van der Waals surface area contributed by atoms with Crippen LogP contribution in [-0.4, -0.2) is 23.5 Å². The zero-order valence-electron chi connectivity index (χ0n) is 15.6. The lowest BCUT2D eigenvalue weighted by Gasteiger charge is -2.06. The van der Waals surface area contributed by atoms with Crippen LogP contribution in [0, 0.1) is 0 Å². The predicted molar refractivity (Wildman–Crippen MR) is 102 cm³/mol. The van der Waals surface area contributed by atoms with E-state index in [2.05, 4.69) is 12.2 Å². The molecule has 0 unspecified atom stereocenters. The first-order valence-corrected chi connectivity index (χ1v) is 9.72. The number of benzene rings is 1. The van der Waals surface area contributed by atoms with Crippen LogP contribution in [0.25, 0.3) is 0 Å². The molecule has 0 radical (unpaired) electrons. The van der Waals surface area contributed by atoms with E-state index in [0.29, 0.717) is 17.7 Å². The monoisotopic (exact) mass is 347 g/mol. The van der Waals surface area contributed by atoms with Crippen LogP contribution < -0.4 is 5.32 Å². The Hall–Kier alpha value is -1.84. The van der Waals surface area contributed by atoms with E-state index in [1.807, 2.05) is 0 Å². The molecule has 0 saturated heterocycles. The number of carboxylic acid groups (broad SMARTS) is 1. The Morgan fingerprint density at radius 1 is 0.840 bits per heavy atom. The van der Waals surface area contributed by atoms with Crippen LogP contribution in [0.1, 0.15) is 87.1 Å². The van der Waals surface area contributed by atoms with Crippen LogP contribution in [0.5, 0.6) is 0 Å². The molecule has 0 spiro atoms. The molecule has 0 heterocycles. The van der Waals surface area contributed by atoms with E-state index in [4.69, 9.17) is 5.11 Å². The third-order valence-corrected chi connectivity index (χ3v) is 4.39. The van der Waals surface area contributed by atoms with Gasteiger partial charge in [-0.3, -0.25) is 9.59 Å². The molecule has 0 aliphatic heterocycles. The predicted octanol–water partition coefficient (Wildman–Crippen LogP) is 4.96. The maximum absolute atomic E-state index is 12.0. The van der Waals surface area contributed by atoms with Crippen LogP contribution in [-0.2, 0) is 11.2 Å². The summed E-state index contributed by atoms with van der Waals surface area (Å²) in [5.74, 6) is -0.948. The number of unbranched alkanes of at least 4 members (excludes halogenated alkanes) is 9. The molecule has 4 nitrogen and oxygen atoms in total. The van der Waals surface area contributed by atoms with Gasteiger partial charge in [-0.25, -0.2) is 0 Å². The van der Waals surface area contributed by atoms with Gasteiger partial charge in [0.15, 0.2) is 0 Å². The third kappa shape index (κ3) is 10.6. The van der Waals surface area contributed by atoms with Crippen molar-refractivity contribution in [3.63, 3.8) is 0 Å². The highest BCUT2D eigenvalue weighted by atomic mass is 16.4. The number of carbonyl (C=O) groups excluding carboxylic acids is 1. The average Bonchev–Trinajstić information content (AvgIpc) is 2.59. The molecule has 0 aromatic heterocycles. The van der Waals surface area contributed by atoms with E-state index in [1.165, 1.54) is 51.4 Å². The van der Waals surface area contributed by atoms with Gasteiger partial charge in [0.1, 0.15) is 0 Å². The zero-order chi connectivity index (χ0) is 18.3. The fraction of sp³-hybridized carbons (Fsp3) is 0.619. The maximum atomic E-state index is 12.0. The van der Waals surface area contributed by atoms with Crippen LogP contribution in [0.2, 0.25) is 0 Å². The summed E-state index contributed by atoms with van der Waals surface area (Å²) in [4.78, 5) is 22.6. The first kappa shape index (κ1) is 21.2. The van der Waals surface area contributed by atoms with Crippen molar-refractivity contribution in [1.82, 2.24) is 5.32 Å². The van der Waals surface area contributed by atoms with E-state index in [9.17, 15) is 9.59 Å². The maximum Gasteiger partial charge on any atom is 0.307 e. The van der Waals surface area contributed by atoms with Crippen LogP contribution >= 0.6 is 0 Å². The summed E-state index contributed by atoms with van der Waals surface area (Å²) in [5, 5.41) is 11.7. The Kier molecular flexibility index (Phi) is 11.4. The van der Waals surface area contributed by atoms with Crippen molar-refractivity contribution in [2.24, 2.45) is 0 Å². The highest BCUT2D eigenvalue weighted by Gasteiger charge is 2.06. The minimum atomic E-state index is -0.863. The standard InChI is InChI=1S/C21H33NO3/c1-2-3-4-5-6-7-8-9-10-11-16-22-21(25)19-14-12-18(13-15-19)17-20(23)24/h12-15H,2-11,16-17H2,1H3,(H,22,25)(H,23,24). The molecule has 1 rings (SSSR count). The van der Waals surface area contributed by atoms with Crippen molar-refractivity contribution in [2.75, 3.05) is 6.54 Å². The van der Waals surface area contributed by atoms with Crippen molar-refractivity contribution >= 4 is 11.9 Å². The molecule has 0 bridgehead atoms. The number of carbonyl (C=O) groups is 2. The highest BCUT2D eigenvalue weighted by molar-refractivity contribution is 5.94. The molecular weight excluding hydrogens is 314 g/mol. The summed E-state index contributed by atoms with van der Waals surface area (Å²) in [5.41, 5.74) is 1.29. The molecule has 0 aliphatic rings. The van der Waals surface area contributed by atoms with Crippen molar-refractivity contribution in [2.45, 2.75) is 77.6 Å². The molecule has 2 N–H and O–H groups in total.